The van der Waals surface area contributed by atoms with E-state index in [0.29, 0.717) is 17.1 Å². The molecule has 3 amide bonds. The fourth-order valence-electron chi connectivity index (χ4n) is 3.11. The summed E-state index contributed by atoms with van der Waals surface area (Å²) in [7, 11) is 0. The smallest absolute Gasteiger partial charge is 0.329 e. The first-order valence-electron chi connectivity index (χ1n) is 9.21. The molecule has 30 heavy (non-hydrogen) atoms. The molecule has 0 radical (unpaired) electrons. The van der Waals surface area contributed by atoms with Gasteiger partial charge in [-0.3, -0.25) is 14.5 Å². The molecule has 0 saturated carbocycles. The summed E-state index contributed by atoms with van der Waals surface area (Å²) in [5, 5.41) is 2.49. The number of hydrogen-bond acceptors (Lipinski definition) is 4. The number of imide groups is 1. The van der Waals surface area contributed by atoms with Crippen molar-refractivity contribution in [2.75, 3.05) is 0 Å². The fraction of sp³-hybridized carbons (Fsp3) is 0.0870. The molecule has 0 spiro atoms. The summed E-state index contributed by atoms with van der Waals surface area (Å²) in [6.45, 7) is 1.33. The van der Waals surface area contributed by atoms with Crippen LogP contribution in [0.1, 0.15) is 28.6 Å². The molecule has 2 heterocycles. The van der Waals surface area contributed by atoms with E-state index in [1.165, 1.54) is 31.2 Å². The van der Waals surface area contributed by atoms with Gasteiger partial charge < -0.3 is 9.73 Å². The third-order valence-corrected chi connectivity index (χ3v) is 4.74. The summed E-state index contributed by atoms with van der Waals surface area (Å²) in [5.41, 5.74) is 1.66. The number of amides is 3. The Bertz CT molecular complexity index is 1180. The third kappa shape index (κ3) is 3.77. The highest BCUT2D eigenvalue weighted by molar-refractivity contribution is 6.13. The normalized spacial score (nSPS) is 15.0. The van der Waals surface area contributed by atoms with E-state index in [1.54, 1.807) is 42.5 Å². The number of nitrogens with one attached hydrogen (secondary N) is 1. The first-order chi connectivity index (χ1) is 14.4. The van der Waals surface area contributed by atoms with Gasteiger partial charge in [0, 0.05) is 22.8 Å². The van der Waals surface area contributed by atoms with Gasteiger partial charge in [0.1, 0.15) is 23.0 Å². The molecule has 1 aliphatic rings. The zero-order chi connectivity index (χ0) is 21.3. The average Bonchev–Trinajstić information content (AvgIpc) is 3.30. The second kappa shape index (κ2) is 7.79. The van der Waals surface area contributed by atoms with Crippen LogP contribution in [-0.4, -0.2) is 22.6 Å². The molecule has 0 bridgehead atoms. The Hall–Kier alpha value is -4.00. The van der Waals surface area contributed by atoms with Crippen molar-refractivity contribution in [2.24, 2.45) is 0 Å². The third-order valence-electron chi connectivity index (χ3n) is 4.74. The number of halogens is 1. The number of carbonyl (C=O) groups excluding carboxylic acids is 3. The van der Waals surface area contributed by atoms with E-state index in [4.69, 9.17) is 4.42 Å². The van der Waals surface area contributed by atoms with Crippen LogP contribution in [0.25, 0.3) is 17.4 Å². The second-order valence-corrected chi connectivity index (χ2v) is 6.81. The van der Waals surface area contributed by atoms with Crippen molar-refractivity contribution in [3.05, 3.63) is 89.1 Å². The van der Waals surface area contributed by atoms with Crippen LogP contribution < -0.4 is 5.32 Å². The second-order valence-electron chi connectivity index (χ2n) is 6.81. The number of hydrogen-bond donors (Lipinski definition) is 1. The molecule has 1 N–H and O–H groups in total. The van der Waals surface area contributed by atoms with Crippen molar-refractivity contribution in [3.63, 3.8) is 0 Å². The largest absolute Gasteiger partial charge is 0.457 e. The van der Waals surface area contributed by atoms with Crippen molar-refractivity contribution in [1.82, 2.24) is 10.2 Å². The monoisotopic (exact) mass is 404 g/mol. The van der Waals surface area contributed by atoms with Crippen LogP contribution in [0.2, 0.25) is 0 Å². The molecule has 1 aliphatic heterocycles. The molecule has 1 saturated heterocycles. The van der Waals surface area contributed by atoms with Gasteiger partial charge in [0.15, 0.2) is 5.78 Å². The number of furan rings is 1. The van der Waals surface area contributed by atoms with Gasteiger partial charge >= 0.3 is 6.03 Å². The molecular weight excluding hydrogens is 387 g/mol. The lowest BCUT2D eigenvalue weighted by atomic mass is 10.1. The number of urea groups is 1. The Balaban J connectivity index is 1.53. The number of ketones is 1. The minimum absolute atomic E-state index is 0.0261. The van der Waals surface area contributed by atoms with E-state index in [2.05, 4.69) is 5.32 Å². The summed E-state index contributed by atoms with van der Waals surface area (Å²) in [5.74, 6) is -0.148. The molecule has 0 atom stereocenters. The Morgan fingerprint density at radius 1 is 1.07 bits per heavy atom. The molecule has 1 aromatic heterocycles. The lowest BCUT2D eigenvalue weighted by Crippen LogP contribution is -2.30. The Morgan fingerprint density at radius 2 is 1.80 bits per heavy atom. The number of Topliss-reactive ketones (excluding diaryl/α,β-unsaturated/α-hetero) is 1. The SMILES string of the molecule is CC(=O)c1ccc(-c2ccc(/C=C3/NC(=O)N(Cc4ccccc4F)C3=O)o2)cc1. The van der Waals surface area contributed by atoms with E-state index >= 15 is 0 Å². The molecule has 2 aromatic carbocycles. The van der Waals surface area contributed by atoms with Crippen molar-refractivity contribution in [2.45, 2.75) is 13.5 Å². The maximum atomic E-state index is 13.9. The maximum Gasteiger partial charge on any atom is 0.329 e. The summed E-state index contributed by atoms with van der Waals surface area (Å²) in [6, 6.07) is 15.7. The standard InChI is InChI=1S/C23H17FN2O4/c1-14(27)15-6-8-16(9-7-15)21-11-10-18(30-21)12-20-22(28)26(23(29)25-20)13-17-4-2-3-5-19(17)24/h2-12H,13H2,1H3,(H,25,29)/b20-12+. The zero-order valence-electron chi connectivity index (χ0n) is 16.0. The van der Waals surface area contributed by atoms with Crippen molar-refractivity contribution < 1.29 is 23.2 Å². The topological polar surface area (TPSA) is 79.6 Å². The molecule has 0 aliphatic carbocycles. The molecule has 0 unspecified atom stereocenters. The predicted molar refractivity (Wildman–Crippen MR) is 108 cm³/mol. The van der Waals surface area contributed by atoms with Crippen LogP contribution in [0, 0.1) is 5.82 Å². The Labute approximate surface area is 171 Å². The number of benzene rings is 2. The lowest BCUT2D eigenvalue weighted by molar-refractivity contribution is -0.123. The van der Waals surface area contributed by atoms with Gasteiger partial charge in [0.2, 0.25) is 0 Å². The van der Waals surface area contributed by atoms with Gasteiger partial charge in [-0.05, 0) is 25.1 Å². The molecule has 150 valence electrons. The number of rotatable bonds is 5. The fourth-order valence-corrected chi connectivity index (χ4v) is 3.11. The first kappa shape index (κ1) is 19.3. The summed E-state index contributed by atoms with van der Waals surface area (Å²) in [4.78, 5) is 37.1. The summed E-state index contributed by atoms with van der Waals surface area (Å²) in [6.07, 6.45) is 1.43. The van der Waals surface area contributed by atoms with Gasteiger partial charge in [0.05, 0.1) is 6.54 Å². The van der Waals surface area contributed by atoms with E-state index in [-0.39, 0.29) is 23.6 Å². The van der Waals surface area contributed by atoms with E-state index in [9.17, 15) is 18.8 Å². The van der Waals surface area contributed by atoms with E-state index in [0.717, 1.165) is 10.5 Å². The molecular formula is C23H17FN2O4. The summed E-state index contributed by atoms with van der Waals surface area (Å²) < 4.78 is 19.6. The maximum absolute atomic E-state index is 13.9. The van der Waals surface area contributed by atoms with Crippen LogP contribution in [0.15, 0.2) is 70.8 Å². The van der Waals surface area contributed by atoms with Crippen molar-refractivity contribution in [1.29, 1.82) is 0 Å². The van der Waals surface area contributed by atoms with Crippen LogP contribution in [0.3, 0.4) is 0 Å². The van der Waals surface area contributed by atoms with Gasteiger partial charge in [-0.25, -0.2) is 9.18 Å². The zero-order valence-corrected chi connectivity index (χ0v) is 16.0. The van der Waals surface area contributed by atoms with Crippen LogP contribution in [0.5, 0.6) is 0 Å². The lowest BCUT2D eigenvalue weighted by Gasteiger charge is -2.12. The Kier molecular flexibility index (Phi) is 5.02. The van der Waals surface area contributed by atoms with Gasteiger partial charge in [-0.15, -0.1) is 0 Å². The van der Waals surface area contributed by atoms with Gasteiger partial charge in [-0.1, -0.05) is 42.5 Å². The molecule has 4 rings (SSSR count). The molecule has 3 aromatic rings. The van der Waals surface area contributed by atoms with Gasteiger partial charge in [0.25, 0.3) is 5.91 Å². The number of nitrogens with zero attached hydrogens (tertiary/aromatic N) is 1. The highest BCUT2D eigenvalue weighted by Crippen LogP contribution is 2.25. The quantitative estimate of drug-likeness (QED) is 0.389. The minimum Gasteiger partial charge on any atom is -0.457 e. The van der Waals surface area contributed by atoms with E-state index < -0.39 is 17.8 Å². The highest BCUT2D eigenvalue weighted by atomic mass is 19.1. The molecule has 7 heteroatoms. The molecule has 1 fully saturated rings. The van der Waals surface area contributed by atoms with E-state index in [1.807, 2.05) is 0 Å². The molecule has 6 nitrogen and oxygen atoms in total. The Morgan fingerprint density at radius 3 is 2.50 bits per heavy atom. The van der Waals surface area contributed by atoms with Crippen LogP contribution >= 0.6 is 0 Å². The minimum atomic E-state index is -0.624. The van der Waals surface area contributed by atoms with Crippen LogP contribution in [0.4, 0.5) is 9.18 Å². The average molecular weight is 404 g/mol. The van der Waals surface area contributed by atoms with Crippen LogP contribution in [-0.2, 0) is 11.3 Å². The highest BCUT2D eigenvalue weighted by Gasteiger charge is 2.34. The van der Waals surface area contributed by atoms with Crippen molar-refractivity contribution >= 4 is 23.8 Å². The number of carbonyl (C=O) groups is 3. The summed E-state index contributed by atoms with van der Waals surface area (Å²) >= 11 is 0. The van der Waals surface area contributed by atoms with Gasteiger partial charge in [-0.2, -0.15) is 0 Å². The first-order valence-corrected chi connectivity index (χ1v) is 9.21. The predicted octanol–water partition coefficient (Wildman–Crippen LogP) is 4.38. The van der Waals surface area contributed by atoms with Crippen molar-refractivity contribution in [3.8, 4) is 11.3 Å².